The van der Waals surface area contributed by atoms with Crippen LogP contribution in [0.3, 0.4) is 0 Å². The van der Waals surface area contributed by atoms with Crippen LogP contribution in [0, 0.1) is 0 Å². The highest BCUT2D eigenvalue weighted by atomic mass is 32.2. The number of nitrogens with zero attached hydrogens (tertiary/aromatic N) is 4. The average Bonchev–Trinajstić information content (AvgIpc) is 3.30. The SMILES string of the molecule is C=CCc1ccc(OCC(O)CSc2nnc(-c3cccnc3)n2Cc2ccccc2)c(OC)c1. The summed E-state index contributed by atoms with van der Waals surface area (Å²) in [7, 11) is 1.60. The summed E-state index contributed by atoms with van der Waals surface area (Å²) >= 11 is 1.44. The molecule has 8 heteroatoms. The van der Waals surface area contributed by atoms with Crippen LogP contribution in [0.4, 0.5) is 0 Å². The number of aliphatic hydroxyl groups excluding tert-OH is 1. The van der Waals surface area contributed by atoms with Gasteiger partial charge >= 0.3 is 0 Å². The first-order valence-electron chi connectivity index (χ1n) is 11.3. The van der Waals surface area contributed by atoms with Crippen LogP contribution in [0.2, 0.25) is 0 Å². The van der Waals surface area contributed by atoms with Gasteiger partial charge in [0.05, 0.1) is 19.8 Å². The fourth-order valence-corrected chi connectivity index (χ4v) is 4.39. The molecule has 180 valence electrons. The molecule has 1 unspecified atom stereocenters. The monoisotopic (exact) mass is 488 g/mol. The minimum absolute atomic E-state index is 0.131. The van der Waals surface area contributed by atoms with Crippen LogP contribution in [0.1, 0.15) is 11.1 Å². The Morgan fingerprint density at radius 2 is 1.91 bits per heavy atom. The van der Waals surface area contributed by atoms with E-state index >= 15 is 0 Å². The molecule has 4 rings (SSSR count). The Bertz CT molecular complexity index is 1230. The van der Waals surface area contributed by atoms with Gasteiger partial charge < -0.3 is 14.6 Å². The second-order valence-electron chi connectivity index (χ2n) is 7.87. The minimum atomic E-state index is -0.707. The molecule has 0 spiro atoms. The number of aromatic nitrogens is 4. The third-order valence-corrected chi connectivity index (χ3v) is 6.38. The van der Waals surface area contributed by atoms with E-state index in [4.69, 9.17) is 9.47 Å². The lowest BCUT2D eigenvalue weighted by Gasteiger charge is -2.15. The van der Waals surface area contributed by atoms with Gasteiger partial charge in [-0.3, -0.25) is 9.55 Å². The molecule has 0 saturated heterocycles. The molecule has 4 aromatic rings. The number of aliphatic hydroxyl groups is 1. The van der Waals surface area contributed by atoms with Crippen molar-refractivity contribution in [1.82, 2.24) is 19.7 Å². The molecule has 1 N–H and O–H groups in total. The van der Waals surface area contributed by atoms with Crippen molar-refractivity contribution in [2.24, 2.45) is 0 Å². The maximum absolute atomic E-state index is 10.6. The second kappa shape index (κ2) is 12.2. The van der Waals surface area contributed by atoms with Gasteiger partial charge in [-0.1, -0.05) is 54.2 Å². The minimum Gasteiger partial charge on any atom is -0.493 e. The van der Waals surface area contributed by atoms with Gasteiger partial charge in [-0.2, -0.15) is 0 Å². The predicted molar refractivity (Wildman–Crippen MR) is 138 cm³/mol. The van der Waals surface area contributed by atoms with E-state index < -0.39 is 6.10 Å². The highest BCUT2D eigenvalue weighted by Gasteiger charge is 2.17. The zero-order chi connectivity index (χ0) is 24.5. The number of ether oxygens (including phenoxy) is 2. The molecule has 0 aliphatic rings. The van der Waals surface area contributed by atoms with E-state index in [0.29, 0.717) is 23.8 Å². The summed E-state index contributed by atoms with van der Waals surface area (Å²) in [5, 5.41) is 20.1. The van der Waals surface area contributed by atoms with Gasteiger partial charge in [0, 0.05) is 23.7 Å². The molecule has 0 fully saturated rings. The topological polar surface area (TPSA) is 82.3 Å². The summed E-state index contributed by atoms with van der Waals surface area (Å²) in [4.78, 5) is 4.22. The standard InChI is InChI=1S/C27H28N4O3S/c1-3-8-20-12-13-24(25(15-20)33-2)34-18-23(32)19-35-27-30-29-26(22-11-7-14-28-16-22)31(27)17-21-9-5-4-6-10-21/h3-7,9-16,23,32H,1,8,17-19H2,2H3. The zero-order valence-corrected chi connectivity index (χ0v) is 20.4. The molecule has 0 amide bonds. The van der Waals surface area contributed by atoms with Crippen molar-refractivity contribution in [3.05, 3.63) is 96.8 Å². The third kappa shape index (κ3) is 6.49. The lowest BCUT2D eigenvalue weighted by Crippen LogP contribution is -2.20. The summed E-state index contributed by atoms with van der Waals surface area (Å²) in [5.41, 5.74) is 3.11. The van der Waals surface area contributed by atoms with Crippen LogP contribution in [-0.4, -0.2) is 50.4 Å². The number of benzene rings is 2. The molecule has 1 atom stereocenters. The molecule has 0 radical (unpaired) electrons. The van der Waals surface area contributed by atoms with Gasteiger partial charge in [-0.25, -0.2) is 0 Å². The summed E-state index contributed by atoms with van der Waals surface area (Å²) < 4.78 is 13.3. The van der Waals surface area contributed by atoms with Gasteiger partial charge in [0.2, 0.25) is 0 Å². The van der Waals surface area contributed by atoms with Crippen LogP contribution in [-0.2, 0) is 13.0 Å². The molecule has 0 aliphatic carbocycles. The number of thioether (sulfide) groups is 1. The fraction of sp³-hybridized carbons (Fsp3) is 0.222. The average molecular weight is 489 g/mol. The van der Waals surface area contributed by atoms with Crippen LogP contribution < -0.4 is 9.47 Å². The number of methoxy groups -OCH3 is 1. The molecule has 35 heavy (non-hydrogen) atoms. The third-order valence-electron chi connectivity index (χ3n) is 5.26. The van der Waals surface area contributed by atoms with Gasteiger partial charge in [0.1, 0.15) is 6.61 Å². The van der Waals surface area contributed by atoms with Gasteiger partial charge in [-0.05, 0) is 41.8 Å². The first-order chi connectivity index (χ1) is 17.2. The molecule has 0 bridgehead atoms. The summed E-state index contributed by atoms with van der Waals surface area (Å²) in [6, 6.07) is 19.7. The van der Waals surface area contributed by atoms with E-state index in [0.717, 1.165) is 34.1 Å². The number of allylic oxidation sites excluding steroid dienone is 1. The maximum atomic E-state index is 10.6. The largest absolute Gasteiger partial charge is 0.493 e. The second-order valence-corrected chi connectivity index (χ2v) is 8.86. The van der Waals surface area contributed by atoms with Gasteiger partial charge in [-0.15, -0.1) is 16.8 Å². The molecule has 2 aromatic heterocycles. The Morgan fingerprint density at radius 1 is 1.06 bits per heavy atom. The number of rotatable bonds is 12. The molecule has 0 saturated carbocycles. The van der Waals surface area contributed by atoms with Crippen molar-refractivity contribution < 1.29 is 14.6 Å². The van der Waals surface area contributed by atoms with Crippen molar-refractivity contribution in [3.8, 4) is 22.9 Å². The van der Waals surface area contributed by atoms with Crippen LogP contribution in [0.25, 0.3) is 11.4 Å². The van der Waals surface area contributed by atoms with Crippen molar-refractivity contribution in [1.29, 1.82) is 0 Å². The lowest BCUT2D eigenvalue weighted by atomic mass is 10.1. The maximum Gasteiger partial charge on any atom is 0.191 e. The van der Waals surface area contributed by atoms with Crippen LogP contribution >= 0.6 is 11.8 Å². The number of pyridine rings is 1. The fourth-order valence-electron chi connectivity index (χ4n) is 3.54. The Labute approximate surface area is 209 Å². The van der Waals surface area contributed by atoms with Crippen molar-refractivity contribution >= 4 is 11.8 Å². The van der Waals surface area contributed by atoms with Crippen LogP contribution in [0.5, 0.6) is 11.5 Å². The number of hydrogen-bond donors (Lipinski definition) is 1. The summed E-state index contributed by atoms with van der Waals surface area (Å²) in [5.74, 6) is 2.36. The van der Waals surface area contributed by atoms with E-state index in [1.807, 2.05) is 59.2 Å². The Balaban J connectivity index is 1.43. The smallest absolute Gasteiger partial charge is 0.191 e. The van der Waals surface area contributed by atoms with E-state index in [1.165, 1.54) is 11.8 Å². The van der Waals surface area contributed by atoms with Crippen LogP contribution in [0.15, 0.2) is 90.9 Å². The zero-order valence-electron chi connectivity index (χ0n) is 19.6. The number of hydrogen-bond acceptors (Lipinski definition) is 7. The molecule has 2 heterocycles. The van der Waals surface area contributed by atoms with Crippen molar-refractivity contribution in [2.45, 2.75) is 24.2 Å². The highest BCUT2D eigenvalue weighted by molar-refractivity contribution is 7.99. The van der Waals surface area contributed by atoms with E-state index in [1.54, 1.807) is 19.5 Å². The first-order valence-corrected chi connectivity index (χ1v) is 12.3. The van der Waals surface area contributed by atoms with Crippen molar-refractivity contribution in [3.63, 3.8) is 0 Å². The predicted octanol–water partition coefficient (Wildman–Crippen LogP) is 4.66. The summed E-state index contributed by atoms with van der Waals surface area (Å²) in [6.07, 6.45) is 5.39. The quantitative estimate of drug-likeness (QED) is 0.229. The molecule has 0 aliphatic heterocycles. The molecule has 2 aromatic carbocycles. The lowest BCUT2D eigenvalue weighted by molar-refractivity contribution is 0.124. The van der Waals surface area contributed by atoms with E-state index in [9.17, 15) is 5.11 Å². The summed E-state index contributed by atoms with van der Waals surface area (Å²) in [6.45, 7) is 4.51. The molecular formula is C27H28N4O3S. The Hall–Kier alpha value is -3.62. The molecule has 7 nitrogen and oxygen atoms in total. The van der Waals surface area contributed by atoms with E-state index in [2.05, 4.69) is 33.9 Å². The normalized spacial score (nSPS) is 11.7. The van der Waals surface area contributed by atoms with Crippen molar-refractivity contribution in [2.75, 3.05) is 19.5 Å². The van der Waals surface area contributed by atoms with Gasteiger partial charge in [0.15, 0.2) is 22.5 Å². The van der Waals surface area contributed by atoms with Gasteiger partial charge in [0.25, 0.3) is 0 Å². The Kier molecular flexibility index (Phi) is 8.53. The highest BCUT2D eigenvalue weighted by Crippen LogP contribution is 2.29. The molecular weight excluding hydrogens is 460 g/mol. The first kappa shape index (κ1) is 24.5. The van der Waals surface area contributed by atoms with E-state index in [-0.39, 0.29) is 6.61 Å². The Morgan fingerprint density at radius 3 is 2.66 bits per heavy atom.